The predicted molar refractivity (Wildman–Crippen MR) is 93.4 cm³/mol. The molecule has 128 valence electrons. The Morgan fingerprint density at radius 1 is 1.35 bits per heavy atom. The molecule has 1 heterocycles. The molecule has 1 aliphatic rings. The van der Waals surface area contributed by atoms with Gasteiger partial charge in [-0.1, -0.05) is 13.8 Å². The number of hydrogen-bond donors (Lipinski definition) is 0. The fourth-order valence-corrected chi connectivity index (χ4v) is 3.07. The summed E-state index contributed by atoms with van der Waals surface area (Å²) in [7, 11) is 1.68. The summed E-state index contributed by atoms with van der Waals surface area (Å²) in [6.07, 6.45) is 1.89. The van der Waals surface area contributed by atoms with Crippen molar-refractivity contribution < 1.29 is 14.3 Å². The van der Waals surface area contributed by atoms with Crippen molar-refractivity contribution in [1.29, 1.82) is 0 Å². The summed E-state index contributed by atoms with van der Waals surface area (Å²) in [5, 5.41) is 0. The number of aryl methyl sites for hydroxylation is 1. The first-order valence-corrected chi connectivity index (χ1v) is 8.46. The van der Waals surface area contributed by atoms with Gasteiger partial charge in [-0.2, -0.15) is 0 Å². The molecule has 1 aromatic carbocycles. The largest absolute Gasteiger partial charge is 0.476 e. The minimum atomic E-state index is -0.831. The Morgan fingerprint density at radius 2 is 2.04 bits per heavy atom. The highest BCUT2D eigenvalue weighted by Gasteiger charge is 2.41. The summed E-state index contributed by atoms with van der Waals surface area (Å²) in [4.78, 5) is 14.6. The smallest absolute Gasteiger partial charge is 0.270 e. The van der Waals surface area contributed by atoms with Gasteiger partial charge in [-0.25, -0.2) is 0 Å². The Bertz CT molecular complexity index is 580. The molecule has 0 spiro atoms. The van der Waals surface area contributed by atoms with Crippen molar-refractivity contribution in [3.05, 3.63) is 23.3 Å². The van der Waals surface area contributed by atoms with Crippen LogP contribution < -0.4 is 9.64 Å². The third-order valence-electron chi connectivity index (χ3n) is 4.64. The van der Waals surface area contributed by atoms with Crippen molar-refractivity contribution in [3.8, 4) is 5.75 Å². The van der Waals surface area contributed by atoms with E-state index in [1.807, 2.05) is 18.7 Å². The van der Waals surface area contributed by atoms with Crippen LogP contribution in [0.5, 0.6) is 5.75 Å². The number of methoxy groups -OCH3 is 1. The topological polar surface area (TPSA) is 38.8 Å². The van der Waals surface area contributed by atoms with Crippen molar-refractivity contribution in [3.63, 3.8) is 0 Å². The number of carbonyl (C=O) groups excluding carboxylic acids is 1. The van der Waals surface area contributed by atoms with E-state index in [9.17, 15) is 4.79 Å². The predicted octanol–water partition coefficient (Wildman–Crippen LogP) is 4.05. The fraction of sp³-hybridized carbons (Fsp3) is 0.632. The average molecular weight is 319 g/mol. The Kier molecular flexibility index (Phi) is 5.35. The van der Waals surface area contributed by atoms with Crippen LogP contribution in [0.1, 0.15) is 57.6 Å². The maximum atomic E-state index is 12.8. The minimum Gasteiger partial charge on any atom is -0.476 e. The first kappa shape index (κ1) is 17.8. The maximum Gasteiger partial charge on any atom is 0.270 e. The van der Waals surface area contributed by atoms with E-state index in [-0.39, 0.29) is 5.91 Å². The van der Waals surface area contributed by atoms with E-state index in [1.165, 1.54) is 11.1 Å². The first-order valence-electron chi connectivity index (χ1n) is 8.46. The van der Waals surface area contributed by atoms with Crippen LogP contribution in [0.4, 0.5) is 5.69 Å². The lowest BCUT2D eigenvalue weighted by Gasteiger charge is -2.39. The van der Waals surface area contributed by atoms with Gasteiger partial charge in [0.2, 0.25) is 0 Å². The molecule has 0 N–H and O–H groups in total. The number of fused-ring (bicyclic) bond motifs is 1. The Hall–Kier alpha value is -1.55. The van der Waals surface area contributed by atoms with Crippen molar-refractivity contribution in [2.24, 2.45) is 0 Å². The van der Waals surface area contributed by atoms with Gasteiger partial charge in [-0.05, 0) is 62.8 Å². The van der Waals surface area contributed by atoms with Crippen LogP contribution >= 0.6 is 0 Å². The van der Waals surface area contributed by atoms with Crippen LogP contribution in [0, 0.1) is 6.92 Å². The second-order valence-corrected chi connectivity index (χ2v) is 6.90. The van der Waals surface area contributed by atoms with Gasteiger partial charge in [0.05, 0.1) is 5.69 Å². The lowest BCUT2D eigenvalue weighted by molar-refractivity contribution is -0.132. The van der Waals surface area contributed by atoms with Crippen molar-refractivity contribution in [2.75, 3.05) is 25.2 Å². The second-order valence-electron chi connectivity index (χ2n) is 6.90. The maximum absolute atomic E-state index is 12.8. The SMILES string of the molecule is CCC(C)c1cc2c(cc1C)N(CCCOC)C(=O)C(C)(C)O2. The summed E-state index contributed by atoms with van der Waals surface area (Å²) in [6, 6.07) is 4.22. The second kappa shape index (κ2) is 6.91. The fourth-order valence-electron chi connectivity index (χ4n) is 3.07. The molecule has 0 fully saturated rings. The standard InChI is InChI=1S/C19H29NO3/c1-7-13(2)15-12-17-16(11-14(15)3)20(9-8-10-22-6)18(21)19(4,5)23-17/h11-13H,7-10H2,1-6H3. The highest BCUT2D eigenvalue weighted by molar-refractivity contribution is 6.02. The van der Waals surface area contributed by atoms with Crippen molar-refractivity contribution in [1.82, 2.24) is 0 Å². The van der Waals surface area contributed by atoms with Crippen LogP contribution in [-0.4, -0.2) is 31.8 Å². The van der Waals surface area contributed by atoms with Crippen LogP contribution in [0.3, 0.4) is 0 Å². The lowest BCUT2D eigenvalue weighted by atomic mass is 9.92. The molecule has 23 heavy (non-hydrogen) atoms. The molecule has 0 aliphatic carbocycles. The first-order chi connectivity index (χ1) is 10.8. The highest BCUT2D eigenvalue weighted by Crippen LogP contribution is 2.41. The monoisotopic (exact) mass is 319 g/mol. The molecule has 1 atom stereocenters. The van der Waals surface area contributed by atoms with Gasteiger partial charge in [0.15, 0.2) is 5.60 Å². The third-order valence-corrected chi connectivity index (χ3v) is 4.64. The molecule has 4 heteroatoms. The van der Waals surface area contributed by atoms with E-state index in [0.29, 0.717) is 19.1 Å². The Labute approximate surface area is 139 Å². The molecule has 0 bridgehead atoms. The number of ether oxygens (including phenoxy) is 2. The number of anilines is 1. The van der Waals surface area contributed by atoms with Crippen LogP contribution in [0.25, 0.3) is 0 Å². The van der Waals surface area contributed by atoms with Crippen molar-refractivity contribution in [2.45, 2.75) is 59.0 Å². The molecule has 1 amide bonds. The molecule has 4 nitrogen and oxygen atoms in total. The van der Waals surface area contributed by atoms with E-state index in [2.05, 4.69) is 32.9 Å². The van der Waals surface area contributed by atoms with Gasteiger partial charge in [-0.15, -0.1) is 0 Å². The Morgan fingerprint density at radius 3 is 2.65 bits per heavy atom. The van der Waals surface area contributed by atoms with Gasteiger partial charge in [0.1, 0.15) is 5.75 Å². The zero-order valence-electron chi connectivity index (χ0n) is 15.2. The molecule has 1 unspecified atom stereocenters. The number of nitrogens with zero attached hydrogens (tertiary/aromatic N) is 1. The summed E-state index contributed by atoms with van der Waals surface area (Å²) in [5.74, 6) is 1.30. The number of rotatable bonds is 6. The molecular formula is C19H29NO3. The van der Waals surface area contributed by atoms with Crippen molar-refractivity contribution >= 4 is 11.6 Å². The van der Waals surface area contributed by atoms with E-state index in [4.69, 9.17) is 9.47 Å². The quantitative estimate of drug-likeness (QED) is 0.743. The summed E-state index contributed by atoms with van der Waals surface area (Å²) >= 11 is 0. The van der Waals surface area contributed by atoms with Gasteiger partial charge < -0.3 is 14.4 Å². The number of carbonyl (C=O) groups is 1. The molecule has 0 saturated carbocycles. The molecule has 0 saturated heterocycles. The molecule has 1 aliphatic heterocycles. The zero-order chi connectivity index (χ0) is 17.2. The van der Waals surface area contributed by atoms with Gasteiger partial charge >= 0.3 is 0 Å². The summed E-state index contributed by atoms with van der Waals surface area (Å²) in [6.45, 7) is 11.5. The highest BCUT2D eigenvalue weighted by atomic mass is 16.5. The zero-order valence-corrected chi connectivity index (χ0v) is 15.2. The van der Waals surface area contributed by atoms with Gasteiger partial charge in [0, 0.05) is 20.3 Å². The van der Waals surface area contributed by atoms with E-state index >= 15 is 0 Å². The number of hydrogen-bond acceptors (Lipinski definition) is 3. The van der Waals surface area contributed by atoms with E-state index < -0.39 is 5.60 Å². The number of amides is 1. The molecule has 0 radical (unpaired) electrons. The third kappa shape index (κ3) is 3.52. The summed E-state index contributed by atoms with van der Waals surface area (Å²) in [5.41, 5.74) is 2.57. The van der Waals surface area contributed by atoms with Crippen LogP contribution in [0.2, 0.25) is 0 Å². The van der Waals surface area contributed by atoms with Gasteiger partial charge in [-0.3, -0.25) is 4.79 Å². The number of benzene rings is 1. The van der Waals surface area contributed by atoms with Crippen LogP contribution in [-0.2, 0) is 9.53 Å². The summed E-state index contributed by atoms with van der Waals surface area (Å²) < 4.78 is 11.2. The molecule has 1 aromatic rings. The van der Waals surface area contributed by atoms with Gasteiger partial charge in [0.25, 0.3) is 5.91 Å². The Balaban J connectivity index is 2.44. The van der Waals surface area contributed by atoms with Crippen LogP contribution in [0.15, 0.2) is 12.1 Å². The van der Waals surface area contributed by atoms with E-state index in [1.54, 1.807) is 7.11 Å². The lowest BCUT2D eigenvalue weighted by Crippen LogP contribution is -2.53. The normalized spacial score (nSPS) is 17.7. The molecule has 2 rings (SSSR count). The van der Waals surface area contributed by atoms with E-state index in [0.717, 1.165) is 24.3 Å². The average Bonchev–Trinajstić information content (AvgIpc) is 2.50. The molecule has 0 aromatic heterocycles. The minimum absolute atomic E-state index is 0.0109. The molecular weight excluding hydrogens is 290 g/mol.